The second-order valence-electron chi connectivity index (χ2n) is 5.49. The van der Waals surface area contributed by atoms with Crippen LogP contribution in [0.3, 0.4) is 0 Å². The molecule has 0 spiro atoms. The average molecular weight is 306 g/mol. The summed E-state index contributed by atoms with van der Waals surface area (Å²) in [4.78, 5) is 0. The number of hydrogen-bond donors (Lipinski definition) is 1. The van der Waals surface area contributed by atoms with E-state index in [1.54, 1.807) is 0 Å². The van der Waals surface area contributed by atoms with E-state index in [1.165, 1.54) is 11.3 Å². The summed E-state index contributed by atoms with van der Waals surface area (Å²) in [6.45, 7) is 4.20. The predicted molar refractivity (Wildman–Crippen MR) is 88.7 cm³/mol. The Kier molecular flexibility index (Phi) is 6.27. The molecule has 2 rings (SSSR count). The monoisotopic (exact) mass is 305 g/mol. The van der Waals surface area contributed by atoms with Gasteiger partial charge in [0.2, 0.25) is 0 Å². The third-order valence-electron chi connectivity index (χ3n) is 3.83. The van der Waals surface area contributed by atoms with E-state index in [-0.39, 0.29) is 0 Å². The van der Waals surface area contributed by atoms with E-state index in [9.17, 15) is 0 Å². The van der Waals surface area contributed by atoms with Crippen molar-refractivity contribution in [3.05, 3.63) is 52.8 Å². The Morgan fingerprint density at radius 2 is 2.19 bits per heavy atom. The van der Waals surface area contributed by atoms with Crippen molar-refractivity contribution in [2.75, 3.05) is 13.1 Å². The van der Waals surface area contributed by atoms with Gasteiger partial charge in [-0.25, -0.2) is 0 Å². The Labute approximate surface area is 132 Å². The van der Waals surface area contributed by atoms with Crippen molar-refractivity contribution in [3.63, 3.8) is 0 Å². The van der Waals surface area contributed by atoms with Crippen LogP contribution in [0.4, 0.5) is 0 Å². The van der Waals surface area contributed by atoms with Gasteiger partial charge in [-0.15, -0.1) is 0 Å². The molecule has 1 aromatic heterocycles. The third-order valence-corrected chi connectivity index (χ3v) is 4.06. The molecule has 0 fully saturated rings. The number of benzene rings is 1. The van der Waals surface area contributed by atoms with Gasteiger partial charge in [-0.2, -0.15) is 5.10 Å². The van der Waals surface area contributed by atoms with Gasteiger partial charge < -0.3 is 5.32 Å². The maximum Gasteiger partial charge on any atom is 0.0492 e. The molecule has 1 aromatic carbocycles. The van der Waals surface area contributed by atoms with E-state index in [0.29, 0.717) is 5.92 Å². The van der Waals surface area contributed by atoms with Crippen LogP contribution in [0.25, 0.3) is 0 Å². The zero-order chi connectivity index (χ0) is 15.1. The molecule has 2 aromatic rings. The fourth-order valence-electron chi connectivity index (χ4n) is 2.62. The molecule has 21 heavy (non-hydrogen) atoms. The molecule has 0 saturated heterocycles. The molecule has 3 nitrogen and oxygen atoms in total. The first kappa shape index (κ1) is 16.1. The van der Waals surface area contributed by atoms with Gasteiger partial charge in [-0.05, 0) is 62.0 Å². The van der Waals surface area contributed by atoms with Gasteiger partial charge in [0.15, 0.2) is 0 Å². The summed E-state index contributed by atoms with van der Waals surface area (Å²) in [6.07, 6.45) is 5.14. The molecular formula is C17H24ClN3. The highest BCUT2D eigenvalue weighted by Gasteiger charge is 2.11. The number of rotatable bonds is 8. The molecule has 1 atom stereocenters. The van der Waals surface area contributed by atoms with Crippen molar-refractivity contribution in [2.24, 2.45) is 13.0 Å². The van der Waals surface area contributed by atoms with Crippen LogP contribution in [0.1, 0.15) is 24.6 Å². The molecule has 114 valence electrons. The number of nitrogens with one attached hydrogen (secondary N) is 1. The second-order valence-corrected chi connectivity index (χ2v) is 5.93. The Morgan fingerprint density at radius 3 is 2.86 bits per heavy atom. The zero-order valence-corrected chi connectivity index (χ0v) is 13.6. The van der Waals surface area contributed by atoms with Crippen molar-refractivity contribution in [2.45, 2.75) is 26.2 Å². The number of hydrogen-bond acceptors (Lipinski definition) is 2. The van der Waals surface area contributed by atoms with Gasteiger partial charge in [-0.1, -0.05) is 30.7 Å². The summed E-state index contributed by atoms with van der Waals surface area (Å²) in [5.41, 5.74) is 2.61. The standard InChI is InChI=1S/C17H24ClN3/c1-3-19-13-15(7-8-17-9-10-20-21(17)2)11-14-5-4-6-16(18)12-14/h4-6,9-10,12,15,19H,3,7-8,11,13H2,1-2H3. The molecule has 1 heterocycles. The molecular weight excluding hydrogens is 282 g/mol. The molecule has 4 heteroatoms. The topological polar surface area (TPSA) is 29.9 Å². The van der Waals surface area contributed by atoms with Gasteiger partial charge in [0.05, 0.1) is 0 Å². The van der Waals surface area contributed by atoms with Gasteiger partial charge in [0.25, 0.3) is 0 Å². The largest absolute Gasteiger partial charge is 0.317 e. The van der Waals surface area contributed by atoms with E-state index in [0.717, 1.165) is 37.4 Å². The van der Waals surface area contributed by atoms with Crippen molar-refractivity contribution >= 4 is 11.6 Å². The van der Waals surface area contributed by atoms with Crippen molar-refractivity contribution in [3.8, 4) is 0 Å². The molecule has 0 aliphatic heterocycles. The summed E-state index contributed by atoms with van der Waals surface area (Å²) in [7, 11) is 2.01. The van der Waals surface area contributed by atoms with Crippen LogP contribution in [-0.2, 0) is 19.9 Å². The van der Waals surface area contributed by atoms with Gasteiger partial charge >= 0.3 is 0 Å². The normalized spacial score (nSPS) is 12.5. The summed E-state index contributed by atoms with van der Waals surface area (Å²) in [5, 5.41) is 8.53. The minimum Gasteiger partial charge on any atom is -0.317 e. The van der Waals surface area contributed by atoms with Crippen LogP contribution in [0.2, 0.25) is 5.02 Å². The van der Waals surface area contributed by atoms with Crippen molar-refractivity contribution in [1.82, 2.24) is 15.1 Å². The van der Waals surface area contributed by atoms with Crippen LogP contribution in [0.5, 0.6) is 0 Å². The van der Waals surface area contributed by atoms with E-state index in [1.807, 2.05) is 30.1 Å². The van der Waals surface area contributed by atoms with E-state index in [2.05, 4.69) is 35.5 Å². The highest BCUT2D eigenvalue weighted by Crippen LogP contribution is 2.18. The molecule has 0 radical (unpaired) electrons. The number of aromatic nitrogens is 2. The van der Waals surface area contributed by atoms with E-state index >= 15 is 0 Å². The number of nitrogens with zero attached hydrogens (tertiary/aromatic N) is 2. The van der Waals surface area contributed by atoms with Crippen LogP contribution >= 0.6 is 11.6 Å². The Hall–Kier alpha value is -1.32. The van der Waals surface area contributed by atoms with Crippen molar-refractivity contribution < 1.29 is 0 Å². The highest BCUT2D eigenvalue weighted by atomic mass is 35.5. The molecule has 0 amide bonds. The fourth-order valence-corrected chi connectivity index (χ4v) is 2.83. The summed E-state index contributed by atoms with van der Waals surface area (Å²) in [6, 6.07) is 10.3. The quantitative estimate of drug-likeness (QED) is 0.809. The SMILES string of the molecule is CCNCC(CCc1ccnn1C)Cc1cccc(Cl)c1. The van der Waals surface area contributed by atoms with Gasteiger partial charge in [0, 0.05) is 24.0 Å². The first-order valence-corrected chi connectivity index (χ1v) is 7.99. The second kappa shape index (κ2) is 8.20. The molecule has 1 N–H and O–H groups in total. The first-order valence-electron chi connectivity index (χ1n) is 7.61. The molecule has 0 bridgehead atoms. The lowest BCUT2D eigenvalue weighted by Crippen LogP contribution is -2.24. The Balaban J connectivity index is 1.95. The molecule has 0 aliphatic carbocycles. The Morgan fingerprint density at radius 1 is 1.33 bits per heavy atom. The smallest absolute Gasteiger partial charge is 0.0492 e. The molecule has 1 unspecified atom stereocenters. The average Bonchev–Trinajstić information content (AvgIpc) is 2.87. The van der Waals surface area contributed by atoms with Crippen LogP contribution in [0, 0.1) is 5.92 Å². The molecule has 0 aliphatic rings. The summed E-state index contributed by atoms with van der Waals surface area (Å²) >= 11 is 6.08. The van der Waals surface area contributed by atoms with Crippen LogP contribution in [0.15, 0.2) is 36.5 Å². The lowest BCUT2D eigenvalue weighted by molar-refractivity contribution is 0.443. The van der Waals surface area contributed by atoms with Crippen molar-refractivity contribution in [1.29, 1.82) is 0 Å². The van der Waals surface area contributed by atoms with Gasteiger partial charge in [0.1, 0.15) is 0 Å². The van der Waals surface area contributed by atoms with E-state index in [4.69, 9.17) is 11.6 Å². The third kappa shape index (κ3) is 5.18. The minimum atomic E-state index is 0.610. The van der Waals surface area contributed by atoms with Gasteiger partial charge in [-0.3, -0.25) is 4.68 Å². The Bertz CT molecular complexity index is 550. The summed E-state index contributed by atoms with van der Waals surface area (Å²) in [5.74, 6) is 0.610. The van der Waals surface area contributed by atoms with Crippen LogP contribution in [-0.4, -0.2) is 22.9 Å². The highest BCUT2D eigenvalue weighted by molar-refractivity contribution is 6.30. The minimum absolute atomic E-state index is 0.610. The fraction of sp³-hybridized carbons (Fsp3) is 0.471. The maximum absolute atomic E-state index is 6.08. The zero-order valence-electron chi connectivity index (χ0n) is 12.8. The number of aryl methyl sites for hydroxylation is 2. The maximum atomic E-state index is 6.08. The first-order chi connectivity index (χ1) is 10.2. The predicted octanol–water partition coefficient (Wildman–Crippen LogP) is 3.47. The molecule has 0 saturated carbocycles. The van der Waals surface area contributed by atoms with E-state index < -0.39 is 0 Å². The number of halogens is 1. The van der Waals surface area contributed by atoms with Crippen LogP contribution < -0.4 is 5.32 Å². The lowest BCUT2D eigenvalue weighted by Gasteiger charge is -2.17. The lowest BCUT2D eigenvalue weighted by atomic mass is 9.94. The summed E-state index contributed by atoms with van der Waals surface area (Å²) < 4.78 is 1.96.